The number of rotatable bonds is 5. The van der Waals surface area contributed by atoms with Gasteiger partial charge < -0.3 is 9.47 Å². The summed E-state index contributed by atoms with van der Waals surface area (Å²) in [4.78, 5) is 14.0. The zero-order valence-corrected chi connectivity index (χ0v) is 16.1. The van der Waals surface area contributed by atoms with Gasteiger partial charge in [0.15, 0.2) is 5.65 Å². The lowest BCUT2D eigenvalue weighted by Crippen LogP contribution is -2.04. The smallest absolute Gasteiger partial charge is 0.165 e. The van der Waals surface area contributed by atoms with Crippen LogP contribution in [0.5, 0.6) is 5.75 Å². The highest BCUT2D eigenvalue weighted by molar-refractivity contribution is 6.33. The highest BCUT2D eigenvalue weighted by Crippen LogP contribution is 2.33. The highest BCUT2D eigenvalue weighted by Gasteiger charge is 2.16. The Kier molecular flexibility index (Phi) is 4.68. The number of pyridine rings is 1. The number of hydrogen-bond acceptors (Lipinski definition) is 5. The Bertz CT molecular complexity index is 1140. The van der Waals surface area contributed by atoms with E-state index in [0.717, 1.165) is 33.6 Å². The number of halogens is 1. The van der Waals surface area contributed by atoms with Gasteiger partial charge in [-0.1, -0.05) is 11.6 Å². The van der Waals surface area contributed by atoms with Crippen molar-refractivity contribution in [3.8, 4) is 17.1 Å². The first-order valence-electron chi connectivity index (χ1n) is 8.61. The van der Waals surface area contributed by atoms with Gasteiger partial charge in [-0.2, -0.15) is 0 Å². The minimum atomic E-state index is 0.465. The number of ether oxygens (including phenoxy) is 2. The summed E-state index contributed by atoms with van der Waals surface area (Å²) in [6.07, 6.45) is 1.80. The van der Waals surface area contributed by atoms with Crippen LogP contribution in [-0.2, 0) is 4.74 Å². The Morgan fingerprint density at radius 1 is 1.07 bits per heavy atom. The molecular formula is C20H19ClN4O2. The Labute approximate surface area is 161 Å². The fraction of sp³-hybridized carbons (Fsp3) is 0.250. The number of nitrogens with zero attached hydrogens (tertiary/aromatic N) is 4. The lowest BCUT2D eigenvalue weighted by Gasteiger charge is -2.11. The summed E-state index contributed by atoms with van der Waals surface area (Å²) in [7, 11) is 1.64. The van der Waals surface area contributed by atoms with Gasteiger partial charge in [0.1, 0.15) is 23.7 Å². The second-order valence-electron chi connectivity index (χ2n) is 6.28. The average molecular weight is 383 g/mol. The number of benzene rings is 1. The Morgan fingerprint density at radius 2 is 1.93 bits per heavy atom. The van der Waals surface area contributed by atoms with Crippen molar-refractivity contribution in [1.29, 1.82) is 0 Å². The van der Waals surface area contributed by atoms with E-state index in [1.807, 2.05) is 48.6 Å². The molecule has 0 saturated heterocycles. The van der Waals surface area contributed by atoms with Crippen molar-refractivity contribution in [2.45, 2.75) is 13.8 Å². The van der Waals surface area contributed by atoms with Crippen LogP contribution in [0, 0.1) is 13.8 Å². The topological polar surface area (TPSA) is 61.5 Å². The molecule has 4 aromatic rings. The van der Waals surface area contributed by atoms with E-state index in [2.05, 4.69) is 15.0 Å². The van der Waals surface area contributed by atoms with Crippen LogP contribution in [0.4, 0.5) is 0 Å². The van der Waals surface area contributed by atoms with E-state index < -0.39 is 0 Å². The van der Waals surface area contributed by atoms with E-state index in [-0.39, 0.29) is 0 Å². The van der Waals surface area contributed by atoms with Gasteiger partial charge in [0, 0.05) is 18.4 Å². The van der Waals surface area contributed by atoms with Gasteiger partial charge in [-0.05, 0) is 44.2 Å². The average Bonchev–Trinajstić information content (AvgIpc) is 3.10. The zero-order valence-electron chi connectivity index (χ0n) is 15.4. The minimum absolute atomic E-state index is 0.465. The fourth-order valence-electron chi connectivity index (χ4n) is 3.05. The third-order valence-electron chi connectivity index (χ3n) is 4.36. The number of aryl methyl sites for hydroxylation is 2. The quantitative estimate of drug-likeness (QED) is 0.483. The molecule has 27 heavy (non-hydrogen) atoms. The molecule has 0 aliphatic rings. The zero-order chi connectivity index (χ0) is 19.0. The Balaban J connectivity index is 1.93. The number of hydrogen-bond donors (Lipinski definition) is 0. The van der Waals surface area contributed by atoms with Crippen molar-refractivity contribution < 1.29 is 9.47 Å². The maximum Gasteiger partial charge on any atom is 0.165 e. The molecule has 1 aromatic carbocycles. The van der Waals surface area contributed by atoms with Crippen LogP contribution >= 0.6 is 11.6 Å². The molecular weight excluding hydrogens is 364 g/mol. The molecule has 0 amide bonds. The summed E-state index contributed by atoms with van der Waals surface area (Å²) in [5, 5.41) is 0.594. The first kappa shape index (κ1) is 17.7. The maximum absolute atomic E-state index is 6.50. The molecule has 138 valence electrons. The molecule has 0 spiro atoms. The molecule has 0 aliphatic heterocycles. The summed E-state index contributed by atoms with van der Waals surface area (Å²) < 4.78 is 12.8. The summed E-state index contributed by atoms with van der Waals surface area (Å²) in [6.45, 7) is 4.90. The molecule has 0 aliphatic carbocycles. The Morgan fingerprint density at radius 3 is 2.74 bits per heavy atom. The molecule has 7 heteroatoms. The van der Waals surface area contributed by atoms with Gasteiger partial charge >= 0.3 is 0 Å². The van der Waals surface area contributed by atoms with Crippen LogP contribution in [0.2, 0.25) is 5.02 Å². The molecule has 0 fully saturated rings. The highest BCUT2D eigenvalue weighted by atomic mass is 35.5. The normalized spacial score (nSPS) is 11.4. The van der Waals surface area contributed by atoms with E-state index in [1.165, 1.54) is 0 Å². The largest absolute Gasteiger partial charge is 0.491 e. The van der Waals surface area contributed by atoms with Gasteiger partial charge in [0.25, 0.3) is 0 Å². The van der Waals surface area contributed by atoms with Gasteiger partial charge in [-0.25, -0.2) is 15.0 Å². The third kappa shape index (κ3) is 3.22. The van der Waals surface area contributed by atoms with Crippen LogP contribution in [0.25, 0.3) is 28.1 Å². The molecule has 0 radical (unpaired) electrons. The number of fused-ring (bicyclic) bond motifs is 3. The monoisotopic (exact) mass is 382 g/mol. The second kappa shape index (κ2) is 7.13. The van der Waals surface area contributed by atoms with Gasteiger partial charge in [0.05, 0.1) is 29.0 Å². The molecule has 4 rings (SSSR count). The molecule has 3 heterocycles. The Hall–Kier alpha value is -2.70. The van der Waals surface area contributed by atoms with Crippen molar-refractivity contribution in [2.75, 3.05) is 20.3 Å². The standard InChI is InChI=1S/C20H19ClN4O2/c1-12-4-7-17-20(23-12)25-18(13(2)24-17)11-22-19(25)15-10-14(5-6-16(15)21)27-9-8-26-3/h4-7,10-11H,8-9H2,1-3H3. The van der Waals surface area contributed by atoms with Crippen molar-refractivity contribution in [1.82, 2.24) is 19.4 Å². The third-order valence-corrected chi connectivity index (χ3v) is 4.69. The van der Waals surface area contributed by atoms with Crippen LogP contribution in [0.3, 0.4) is 0 Å². The molecule has 6 nitrogen and oxygen atoms in total. The molecule has 0 saturated carbocycles. The lowest BCUT2D eigenvalue weighted by atomic mass is 10.2. The molecule has 3 aromatic heterocycles. The van der Waals surface area contributed by atoms with E-state index in [1.54, 1.807) is 13.3 Å². The number of imidazole rings is 1. The summed E-state index contributed by atoms with van der Waals surface area (Å²) in [5.41, 5.74) is 5.05. The SMILES string of the molecule is COCCOc1ccc(Cl)c(-c2ncc3c(C)nc4ccc(C)nc4n23)c1. The number of methoxy groups -OCH3 is 1. The minimum Gasteiger partial charge on any atom is -0.491 e. The van der Waals surface area contributed by atoms with Crippen LogP contribution in [0.1, 0.15) is 11.4 Å². The second-order valence-corrected chi connectivity index (χ2v) is 6.69. The lowest BCUT2D eigenvalue weighted by molar-refractivity contribution is 0.146. The molecule has 0 N–H and O–H groups in total. The summed E-state index contributed by atoms with van der Waals surface area (Å²) >= 11 is 6.50. The molecule has 0 bridgehead atoms. The van der Waals surface area contributed by atoms with Crippen LogP contribution in [-0.4, -0.2) is 39.7 Å². The fourth-order valence-corrected chi connectivity index (χ4v) is 3.25. The van der Waals surface area contributed by atoms with Gasteiger partial charge in [-0.3, -0.25) is 4.40 Å². The van der Waals surface area contributed by atoms with Crippen molar-refractivity contribution in [2.24, 2.45) is 0 Å². The predicted octanol–water partition coefficient (Wildman–Crippen LogP) is 4.24. The van der Waals surface area contributed by atoms with Gasteiger partial charge in [-0.15, -0.1) is 0 Å². The van der Waals surface area contributed by atoms with E-state index >= 15 is 0 Å². The van der Waals surface area contributed by atoms with Crippen molar-refractivity contribution in [3.63, 3.8) is 0 Å². The predicted molar refractivity (Wildman–Crippen MR) is 106 cm³/mol. The van der Waals surface area contributed by atoms with E-state index in [4.69, 9.17) is 21.1 Å². The van der Waals surface area contributed by atoms with Crippen LogP contribution in [0.15, 0.2) is 36.5 Å². The van der Waals surface area contributed by atoms with Crippen molar-refractivity contribution in [3.05, 3.63) is 52.9 Å². The maximum atomic E-state index is 6.50. The summed E-state index contributed by atoms with van der Waals surface area (Å²) in [5.74, 6) is 1.42. The first-order valence-corrected chi connectivity index (χ1v) is 8.99. The van der Waals surface area contributed by atoms with E-state index in [9.17, 15) is 0 Å². The van der Waals surface area contributed by atoms with E-state index in [0.29, 0.717) is 29.8 Å². The molecule has 0 unspecified atom stereocenters. The number of aromatic nitrogens is 4. The molecule has 0 atom stereocenters. The summed E-state index contributed by atoms with van der Waals surface area (Å²) in [6, 6.07) is 9.47. The van der Waals surface area contributed by atoms with Crippen LogP contribution < -0.4 is 4.74 Å². The first-order chi connectivity index (χ1) is 13.1. The van der Waals surface area contributed by atoms with Crippen molar-refractivity contribution >= 4 is 28.3 Å². The van der Waals surface area contributed by atoms with Gasteiger partial charge in [0.2, 0.25) is 0 Å².